The first-order valence-corrected chi connectivity index (χ1v) is 7.24. The Bertz CT molecular complexity index is 899. The number of hydrogen-bond acceptors (Lipinski definition) is 5. The molecule has 0 aliphatic heterocycles. The number of nitro benzene ring substituents is 1. The van der Waals surface area contributed by atoms with E-state index in [0.29, 0.717) is 0 Å². The second-order valence-electron chi connectivity index (χ2n) is 5.09. The molecule has 8 nitrogen and oxygen atoms in total. The van der Waals surface area contributed by atoms with Crippen molar-refractivity contribution in [2.24, 2.45) is 0 Å². The number of nitro groups is 1. The van der Waals surface area contributed by atoms with Crippen LogP contribution in [-0.4, -0.2) is 23.8 Å². The molecule has 0 aliphatic rings. The SMILES string of the molecule is COc1ccc([N+](=O)[O-])cc1NC(=O)C(=O)Nc1ccccc1C(F)(F)F. The van der Waals surface area contributed by atoms with E-state index in [-0.39, 0.29) is 17.1 Å². The van der Waals surface area contributed by atoms with Gasteiger partial charge in [0.15, 0.2) is 0 Å². The van der Waals surface area contributed by atoms with Gasteiger partial charge in [0.25, 0.3) is 5.69 Å². The molecular weight excluding hydrogens is 371 g/mol. The van der Waals surface area contributed by atoms with Gasteiger partial charge in [0.2, 0.25) is 0 Å². The molecule has 0 heterocycles. The number of carbonyl (C=O) groups is 2. The number of amides is 2. The van der Waals surface area contributed by atoms with Crippen LogP contribution in [0.25, 0.3) is 0 Å². The third-order valence-corrected chi connectivity index (χ3v) is 3.33. The predicted molar refractivity (Wildman–Crippen MR) is 88.4 cm³/mol. The van der Waals surface area contributed by atoms with Gasteiger partial charge in [-0.15, -0.1) is 0 Å². The normalized spacial score (nSPS) is 10.8. The van der Waals surface area contributed by atoms with Crippen molar-refractivity contribution in [1.29, 1.82) is 0 Å². The van der Waals surface area contributed by atoms with Crippen molar-refractivity contribution in [3.8, 4) is 5.75 Å². The summed E-state index contributed by atoms with van der Waals surface area (Å²) in [6.07, 6.45) is -4.73. The van der Waals surface area contributed by atoms with E-state index in [1.807, 2.05) is 5.32 Å². The highest BCUT2D eigenvalue weighted by Gasteiger charge is 2.34. The summed E-state index contributed by atoms with van der Waals surface area (Å²) in [5, 5.41) is 14.8. The molecule has 0 aliphatic carbocycles. The fraction of sp³-hybridized carbons (Fsp3) is 0.125. The van der Waals surface area contributed by atoms with Gasteiger partial charge in [0, 0.05) is 12.1 Å². The van der Waals surface area contributed by atoms with Crippen molar-refractivity contribution in [3.05, 3.63) is 58.1 Å². The van der Waals surface area contributed by atoms with E-state index in [9.17, 15) is 32.9 Å². The average Bonchev–Trinajstić information content (AvgIpc) is 2.61. The number of hydrogen-bond donors (Lipinski definition) is 2. The number of para-hydroxylation sites is 1. The van der Waals surface area contributed by atoms with Gasteiger partial charge in [-0.3, -0.25) is 19.7 Å². The fourth-order valence-electron chi connectivity index (χ4n) is 2.10. The topological polar surface area (TPSA) is 111 Å². The predicted octanol–water partition coefficient (Wildman–Crippen LogP) is 3.20. The molecular formula is C16H12F3N3O5. The molecule has 0 bridgehead atoms. The molecule has 11 heteroatoms. The number of non-ortho nitro benzene ring substituents is 1. The van der Waals surface area contributed by atoms with Crippen LogP contribution < -0.4 is 15.4 Å². The average molecular weight is 383 g/mol. The molecule has 2 N–H and O–H groups in total. The Hall–Kier alpha value is -3.63. The lowest BCUT2D eigenvalue weighted by Gasteiger charge is -2.14. The van der Waals surface area contributed by atoms with Crippen molar-refractivity contribution in [1.82, 2.24) is 0 Å². The molecule has 0 fully saturated rings. The van der Waals surface area contributed by atoms with Crippen LogP contribution in [0.2, 0.25) is 0 Å². The molecule has 0 unspecified atom stereocenters. The molecule has 142 valence electrons. The Kier molecular flexibility index (Phi) is 5.63. The highest BCUT2D eigenvalue weighted by Crippen LogP contribution is 2.34. The van der Waals surface area contributed by atoms with Crippen LogP contribution in [0.1, 0.15) is 5.56 Å². The van der Waals surface area contributed by atoms with Gasteiger partial charge >= 0.3 is 18.0 Å². The largest absolute Gasteiger partial charge is 0.495 e. The van der Waals surface area contributed by atoms with Gasteiger partial charge in [-0.1, -0.05) is 12.1 Å². The van der Waals surface area contributed by atoms with Crippen LogP contribution in [0.15, 0.2) is 42.5 Å². The Morgan fingerprint density at radius 3 is 2.19 bits per heavy atom. The minimum Gasteiger partial charge on any atom is -0.495 e. The lowest BCUT2D eigenvalue weighted by molar-refractivity contribution is -0.384. The number of anilines is 2. The van der Waals surface area contributed by atoms with Crippen LogP contribution in [0.5, 0.6) is 5.75 Å². The summed E-state index contributed by atoms with van der Waals surface area (Å²) >= 11 is 0. The quantitative estimate of drug-likeness (QED) is 0.479. The highest BCUT2D eigenvalue weighted by atomic mass is 19.4. The monoisotopic (exact) mass is 383 g/mol. The maximum Gasteiger partial charge on any atom is 0.418 e. The zero-order valence-corrected chi connectivity index (χ0v) is 13.7. The zero-order valence-electron chi connectivity index (χ0n) is 13.7. The van der Waals surface area contributed by atoms with Gasteiger partial charge < -0.3 is 15.4 Å². The number of carbonyl (C=O) groups excluding carboxylic acids is 2. The highest BCUT2D eigenvalue weighted by molar-refractivity contribution is 6.43. The minimum atomic E-state index is -4.73. The van der Waals surface area contributed by atoms with E-state index >= 15 is 0 Å². The van der Waals surface area contributed by atoms with Gasteiger partial charge in [0.1, 0.15) is 5.75 Å². The Morgan fingerprint density at radius 1 is 1.04 bits per heavy atom. The number of rotatable bonds is 4. The maximum absolute atomic E-state index is 12.9. The van der Waals surface area contributed by atoms with Crippen LogP contribution in [0, 0.1) is 10.1 Å². The summed E-state index contributed by atoms with van der Waals surface area (Å²) in [5.74, 6) is -2.69. The number of benzene rings is 2. The minimum absolute atomic E-state index is 0.0254. The van der Waals surface area contributed by atoms with Gasteiger partial charge in [-0.25, -0.2) is 0 Å². The lowest BCUT2D eigenvalue weighted by Crippen LogP contribution is -2.30. The van der Waals surface area contributed by atoms with Crippen molar-refractivity contribution < 1.29 is 32.4 Å². The molecule has 2 amide bonds. The molecule has 0 aromatic heterocycles. The number of nitrogens with zero attached hydrogens (tertiary/aromatic N) is 1. The molecule has 0 saturated heterocycles. The van der Waals surface area contributed by atoms with E-state index < -0.39 is 34.2 Å². The summed E-state index contributed by atoms with van der Waals surface area (Å²) in [5.41, 5.74) is -2.29. The van der Waals surface area contributed by atoms with E-state index in [1.54, 1.807) is 0 Å². The van der Waals surface area contributed by atoms with Crippen LogP contribution in [-0.2, 0) is 15.8 Å². The third kappa shape index (κ3) is 4.71. The molecule has 2 aromatic carbocycles. The standard InChI is InChI=1S/C16H12F3N3O5/c1-27-13-7-6-9(22(25)26)8-12(13)21-15(24)14(23)20-11-5-3-2-4-10(11)16(17,18)19/h2-8H,1H3,(H,20,23)(H,21,24). The van der Waals surface area contributed by atoms with Gasteiger partial charge in [0.05, 0.1) is 29.0 Å². The lowest BCUT2D eigenvalue weighted by atomic mass is 10.1. The Morgan fingerprint density at radius 2 is 1.63 bits per heavy atom. The van der Waals surface area contributed by atoms with Crippen LogP contribution >= 0.6 is 0 Å². The number of ether oxygens (including phenoxy) is 1. The molecule has 2 rings (SSSR count). The summed E-state index contributed by atoms with van der Waals surface area (Å²) in [7, 11) is 1.23. The van der Waals surface area contributed by atoms with E-state index in [4.69, 9.17) is 4.74 Å². The van der Waals surface area contributed by atoms with Gasteiger partial charge in [-0.2, -0.15) is 13.2 Å². The number of halogens is 3. The molecule has 2 aromatic rings. The number of alkyl halides is 3. The molecule has 0 atom stereocenters. The number of nitrogens with one attached hydrogen (secondary N) is 2. The number of methoxy groups -OCH3 is 1. The maximum atomic E-state index is 12.9. The Labute approximate surface area is 150 Å². The molecule has 0 saturated carbocycles. The summed E-state index contributed by atoms with van der Waals surface area (Å²) in [4.78, 5) is 34.0. The van der Waals surface area contributed by atoms with Crippen LogP contribution in [0.4, 0.5) is 30.2 Å². The fourth-order valence-corrected chi connectivity index (χ4v) is 2.10. The summed E-state index contributed by atoms with van der Waals surface area (Å²) < 4.78 is 43.7. The van der Waals surface area contributed by atoms with Crippen molar-refractivity contribution in [2.75, 3.05) is 17.7 Å². The molecule has 0 spiro atoms. The van der Waals surface area contributed by atoms with Crippen molar-refractivity contribution in [2.45, 2.75) is 6.18 Å². The molecule has 0 radical (unpaired) electrons. The summed E-state index contributed by atoms with van der Waals surface area (Å²) in [6.45, 7) is 0. The first-order valence-electron chi connectivity index (χ1n) is 7.24. The second kappa shape index (κ2) is 7.72. The van der Waals surface area contributed by atoms with Crippen molar-refractivity contribution >= 4 is 28.9 Å². The van der Waals surface area contributed by atoms with E-state index in [2.05, 4.69) is 5.32 Å². The van der Waals surface area contributed by atoms with E-state index in [0.717, 1.165) is 30.3 Å². The smallest absolute Gasteiger partial charge is 0.418 e. The third-order valence-electron chi connectivity index (χ3n) is 3.33. The summed E-state index contributed by atoms with van der Waals surface area (Å²) in [6, 6.07) is 7.39. The van der Waals surface area contributed by atoms with Crippen LogP contribution in [0.3, 0.4) is 0 Å². The van der Waals surface area contributed by atoms with Crippen molar-refractivity contribution in [3.63, 3.8) is 0 Å². The van der Waals surface area contributed by atoms with Gasteiger partial charge in [-0.05, 0) is 18.2 Å². The molecule has 27 heavy (non-hydrogen) atoms. The van der Waals surface area contributed by atoms with E-state index in [1.165, 1.54) is 19.2 Å². The first kappa shape index (κ1) is 19.7. The second-order valence-corrected chi connectivity index (χ2v) is 5.09. The zero-order chi connectivity index (χ0) is 20.2. The first-order chi connectivity index (χ1) is 12.6. The Balaban J connectivity index is 2.22.